The van der Waals surface area contributed by atoms with E-state index >= 15 is 0 Å². The zero-order valence-electron chi connectivity index (χ0n) is 17.8. The molecule has 0 aromatic carbocycles. The molecular formula is C22H30ClN5O2S. The average molecular weight is 464 g/mol. The fourth-order valence-electron chi connectivity index (χ4n) is 4.25. The van der Waals surface area contributed by atoms with Crippen molar-refractivity contribution in [2.45, 2.75) is 57.5 Å². The molecular weight excluding hydrogens is 434 g/mol. The summed E-state index contributed by atoms with van der Waals surface area (Å²) in [5.41, 5.74) is 1.76. The van der Waals surface area contributed by atoms with Crippen LogP contribution in [0.4, 0.5) is 10.9 Å². The molecule has 1 saturated heterocycles. The first-order valence-electron chi connectivity index (χ1n) is 11.0. The molecule has 0 bridgehead atoms. The third kappa shape index (κ3) is 6.30. The van der Waals surface area contributed by atoms with Gasteiger partial charge in [-0.2, -0.15) is 0 Å². The van der Waals surface area contributed by atoms with Crippen molar-refractivity contribution in [1.82, 2.24) is 15.3 Å². The lowest BCUT2D eigenvalue weighted by Gasteiger charge is -2.29. The Kier molecular flexibility index (Phi) is 7.63. The van der Waals surface area contributed by atoms with Crippen LogP contribution in [0, 0.1) is 5.92 Å². The number of pyridine rings is 1. The van der Waals surface area contributed by atoms with E-state index in [1.54, 1.807) is 24.5 Å². The smallest absolute Gasteiger partial charge is 0.217 e. The average Bonchev–Trinajstić information content (AvgIpc) is 3.24. The number of anilines is 2. The van der Waals surface area contributed by atoms with Gasteiger partial charge >= 0.3 is 0 Å². The van der Waals surface area contributed by atoms with Gasteiger partial charge in [0.05, 0.1) is 10.7 Å². The monoisotopic (exact) mass is 463 g/mol. The van der Waals surface area contributed by atoms with Gasteiger partial charge in [-0.05, 0) is 50.5 Å². The van der Waals surface area contributed by atoms with Gasteiger partial charge in [-0.25, -0.2) is 9.97 Å². The molecule has 0 unspecified atom stereocenters. The van der Waals surface area contributed by atoms with E-state index in [0.29, 0.717) is 17.0 Å². The lowest BCUT2D eigenvalue weighted by molar-refractivity contribution is -0.119. The number of rotatable bonds is 7. The number of hydrogen-bond acceptors (Lipinski definition) is 7. The highest BCUT2D eigenvalue weighted by atomic mass is 35.5. The first kappa shape index (κ1) is 22.3. The number of ether oxygens (including phenoxy) is 1. The van der Waals surface area contributed by atoms with Crippen molar-refractivity contribution in [3.8, 4) is 11.3 Å². The number of carbonyl (C=O) groups is 1. The van der Waals surface area contributed by atoms with Crippen molar-refractivity contribution in [3.63, 3.8) is 0 Å². The SMILES string of the molecule is CC(=O)N[C@H]1CC[C@H](Nc2cc(-c3csc(NCC4CCOCC4)n3)c(Cl)cn2)CC1. The quantitative estimate of drug-likeness (QED) is 0.558. The summed E-state index contributed by atoms with van der Waals surface area (Å²) in [6.07, 6.45) is 7.85. The van der Waals surface area contributed by atoms with Crippen molar-refractivity contribution < 1.29 is 9.53 Å². The molecule has 1 saturated carbocycles. The molecule has 168 valence electrons. The molecule has 3 N–H and O–H groups in total. The Labute approximate surface area is 192 Å². The van der Waals surface area contributed by atoms with Crippen LogP contribution < -0.4 is 16.0 Å². The maximum Gasteiger partial charge on any atom is 0.217 e. The van der Waals surface area contributed by atoms with Crippen LogP contribution in [0.25, 0.3) is 11.3 Å². The van der Waals surface area contributed by atoms with E-state index in [1.165, 1.54) is 0 Å². The number of thiazole rings is 1. The van der Waals surface area contributed by atoms with Crippen molar-refractivity contribution in [1.29, 1.82) is 0 Å². The van der Waals surface area contributed by atoms with Crippen LogP contribution >= 0.6 is 22.9 Å². The summed E-state index contributed by atoms with van der Waals surface area (Å²) in [4.78, 5) is 20.5. The Hall–Kier alpha value is -1.90. The second-order valence-corrected chi connectivity index (χ2v) is 9.68. The zero-order valence-corrected chi connectivity index (χ0v) is 19.4. The lowest BCUT2D eigenvalue weighted by Crippen LogP contribution is -2.39. The highest BCUT2D eigenvalue weighted by Gasteiger charge is 2.22. The molecule has 9 heteroatoms. The maximum absolute atomic E-state index is 11.2. The Morgan fingerprint density at radius 2 is 1.94 bits per heavy atom. The summed E-state index contributed by atoms with van der Waals surface area (Å²) < 4.78 is 5.43. The van der Waals surface area contributed by atoms with Gasteiger partial charge in [0, 0.05) is 55.9 Å². The summed E-state index contributed by atoms with van der Waals surface area (Å²) >= 11 is 8.05. The van der Waals surface area contributed by atoms with Crippen molar-refractivity contribution in [2.75, 3.05) is 30.4 Å². The topological polar surface area (TPSA) is 88.2 Å². The van der Waals surface area contributed by atoms with Gasteiger partial charge in [-0.15, -0.1) is 11.3 Å². The molecule has 4 rings (SSSR count). The number of halogens is 1. The Morgan fingerprint density at radius 1 is 1.19 bits per heavy atom. The number of hydrogen-bond donors (Lipinski definition) is 3. The van der Waals surface area contributed by atoms with Gasteiger partial charge < -0.3 is 20.7 Å². The number of carbonyl (C=O) groups excluding carboxylic acids is 1. The minimum absolute atomic E-state index is 0.0466. The summed E-state index contributed by atoms with van der Waals surface area (Å²) in [5.74, 6) is 1.50. The first-order valence-corrected chi connectivity index (χ1v) is 12.3. The van der Waals surface area contributed by atoms with E-state index in [2.05, 4.69) is 20.9 Å². The molecule has 0 radical (unpaired) electrons. The second kappa shape index (κ2) is 10.6. The fourth-order valence-corrected chi connectivity index (χ4v) is 5.17. The third-order valence-corrected chi connectivity index (χ3v) is 7.11. The standard InChI is InChI=1S/C22H30ClN5O2S/c1-14(29)26-16-2-4-17(5-3-16)27-21-10-18(19(23)12-24-21)20-13-31-22(28-20)25-11-15-6-8-30-9-7-15/h10,12-13,15-17H,2-9,11H2,1H3,(H,24,27)(H,25,28)(H,26,29)/t16-,17-. The number of nitrogens with zero attached hydrogens (tertiary/aromatic N) is 2. The minimum Gasteiger partial charge on any atom is -0.381 e. The van der Waals surface area contributed by atoms with E-state index in [9.17, 15) is 4.79 Å². The van der Waals surface area contributed by atoms with Crippen LogP contribution in [0.1, 0.15) is 45.4 Å². The first-order chi connectivity index (χ1) is 15.1. The van der Waals surface area contributed by atoms with Gasteiger partial charge in [0.2, 0.25) is 5.91 Å². The molecule has 2 aromatic heterocycles. The molecule has 0 atom stereocenters. The highest BCUT2D eigenvalue weighted by molar-refractivity contribution is 7.14. The molecule has 2 aromatic rings. The second-order valence-electron chi connectivity index (χ2n) is 8.42. The van der Waals surface area contributed by atoms with Crippen LogP contribution in [0.15, 0.2) is 17.6 Å². The van der Waals surface area contributed by atoms with Gasteiger partial charge in [-0.3, -0.25) is 4.79 Å². The Balaban J connectivity index is 1.35. The van der Waals surface area contributed by atoms with E-state index in [0.717, 1.165) is 80.5 Å². The van der Waals surface area contributed by atoms with Crippen molar-refractivity contribution in [3.05, 3.63) is 22.7 Å². The predicted molar refractivity (Wildman–Crippen MR) is 126 cm³/mol. The van der Waals surface area contributed by atoms with E-state index in [-0.39, 0.29) is 11.9 Å². The summed E-state index contributed by atoms with van der Waals surface area (Å²) in [6.45, 7) is 4.21. The summed E-state index contributed by atoms with van der Waals surface area (Å²) in [5, 5.41) is 13.6. The van der Waals surface area contributed by atoms with Crippen LogP contribution in [0.3, 0.4) is 0 Å². The number of nitrogens with one attached hydrogen (secondary N) is 3. The Morgan fingerprint density at radius 3 is 2.68 bits per heavy atom. The zero-order chi connectivity index (χ0) is 21.6. The summed E-state index contributed by atoms with van der Waals surface area (Å²) in [6, 6.07) is 2.62. The van der Waals surface area contributed by atoms with Gasteiger partial charge in [0.25, 0.3) is 0 Å². The van der Waals surface area contributed by atoms with Gasteiger partial charge in [-0.1, -0.05) is 11.6 Å². The van der Waals surface area contributed by atoms with Gasteiger partial charge in [0.15, 0.2) is 5.13 Å². The molecule has 0 spiro atoms. The van der Waals surface area contributed by atoms with Crippen LogP contribution in [0.2, 0.25) is 5.02 Å². The maximum atomic E-state index is 11.2. The molecule has 1 aliphatic heterocycles. The number of amides is 1. The van der Waals surface area contributed by atoms with E-state index in [1.807, 2.05) is 11.4 Å². The minimum atomic E-state index is 0.0466. The molecule has 1 aliphatic carbocycles. The highest BCUT2D eigenvalue weighted by Crippen LogP contribution is 2.33. The fraction of sp³-hybridized carbons (Fsp3) is 0.591. The molecule has 2 aliphatic rings. The summed E-state index contributed by atoms with van der Waals surface area (Å²) in [7, 11) is 0. The normalized spacial score (nSPS) is 22.1. The third-order valence-electron chi connectivity index (χ3n) is 6.00. The molecule has 31 heavy (non-hydrogen) atoms. The van der Waals surface area contributed by atoms with Crippen LogP contribution in [-0.2, 0) is 9.53 Å². The van der Waals surface area contributed by atoms with Crippen LogP contribution in [-0.4, -0.2) is 47.7 Å². The van der Waals surface area contributed by atoms with E-state index in [4.69, 9.17) is 21.3 Å². The molecule has 7 nitrogen and oxygen atoms in total. The van der Waals surface area contributed by atoms with Crippen LogP contribution in [0.5, 0.6) is 0 Å². The largest absolute Gasteiger partial charge is 0.381 e. The molecule has 2 fully saturated rings. The van der Waals surface area contributed by atoms with Gasteiger partial charge in [0.1, 0.15) is 5.82 Å². The van der Waals surface area contributed by atoms with Crippen molar-refractivity contribution in [2.24, 2.45) is 5.92 Å². The predicted octanol–water partition coefficient (Wildman–Crippen LogP) is 4.56. The number of aromatic nitrogens is 2. The Bertz CT molecular complexity index is 879. The lowest BCUT2D eigenvalue weighted by atomic mass is 9.91. The van der Waals surface area contributed by atoms with Crippen molar-refractivity contribution >= 4 is 39.8 Å². The van der Waals surface area contributed by atoms with E-state index < -0.39 is 0 Å². The molecule has 3 heterocycles. The molecule has 1 amide bonds.